The molecule has 0 fully saturated rings. The van der Waals surface area contributed by atoms with Crippen LogP contribution in [0.5, 0.6) is 5.75 Å². The van der Waals surface area contributed by atoms with E-state index in [9.17, 15) is 17.6 Å². The molecule has 0 saturated heterocycles. The van der Waals surface area contributed by atoms with E-state index in [1.165, 1.54) is 18.2 Å². The van der Waals surface area contributed by atoms with Gasteiger partial charge in [-0.25, -0.2) is 0 Å². The van der Waals surface area contributed by atoms with Crippen LogP contribution < -0.4 is 16.2 Å². The molecule has 4 N–H and O–H groups in total. The first-order valence-corrected chi connectivity index (χ1v) is 5.28. The third kappa shape index (κ3) is 3.58. The zero-order valence-electron chi connectivity index (χ0n) is 9.45. The molecule has 1 rings (SSSR count). The van der Waals surface area contributed by atoms with Crippen LogP contribution in [0.25, 0.3) is 0 Å². The molecule has 0 bridgehead atoms. The van der Waals surface area contributed by atoms with E-state index in [4.69, 9.17) is 11.5 Å². The molecule has 0 radical (unpaired) electrons. The Morgan fingerprint density at radius 2 is 1.83 bits per heavy atom. The first-order chi connectivity index (χ1) is 8.38. The molecule has 0 saturated carbocycles. The minimum Gasteiger partial charge on any atom is -0.428 e. The Bertz CT molecular complexity index is 387. The van der Waals surface area contributed by atoms with Crippen LogP contribution in [0.3, 0.4) is 0 Å². The number of para-hydroxylation sites is 1. The predicted octanol–water partition coefficient (Wildman–Crippen LogP) is 2.27. The maximum Gasteiger partial charge on any atom is 0.461 e. The molecule has 1 aromatic rings. The molecule has 1 atom stereocenters. The highest BCUT2D eigenvalue weighted by molar-refractivity contribution is 5.36. The van der Waals surface area contributed by atoms with E-state index in [1.54, 1.807) is 6.07 Å². The van der Waals surface area contributed by atoms with Crippen molar-refractivity contribution in [1.82, 2.24) is 0 Å². The van der Waals surface area contributed by atoms with Gasteiger partial charge in [0.15, 0.2) is 0 Å². The van der Waals surface area contributed by atoms with Crippen molar-refractivity contribution in [3.05, 3.63) is 29.8 Å². The third-order valence-corrected chi connectivity index (χ3v) is 2.30. The highest BCUT2D eigenvalue weighted by Gasteiger charge is 2.44. The van der Waals surface area contributed by atoms with Gasteiger partial charge in [-0.15, -0.1) is 0 Å². The monoisotopic (exact) mass is 266 g/mol. The summed E-state index contributed by atoms with van der Waals surface area (Å²) in [5.41, 5.74) is 11.2. The summed E-state index contributed by atoms with van der Waals surface area (Å²) in [4.78, 5) is 0. The Labute approximate surface area is 102 Å². The van der Waals surface area contributed by atoms with Gasteiger partial charge in [0.1, 0.15) is 5.75 Å². The van der Waals surface area contributed by atoms with Crippen LogP contribution in [-0.4, -0.2) is 19.1 Å². The molecule has 1 aromatic carbocycles. The number of alkyl halides is 4. The maximum atomic E-state index is 12.8. The molecular formula is C11H14F4N2O. The van der Waals surface area contributed by atoms with Gasteiger partial charge < -0.3 is 16.2 Å². The number of halogens is 4. The van der Waals surface area contributed by atoms with Crippen LogP contribution in [0, 0.1) is 0 Å². The van der Waals surface area contributed by atoms with Crippen molar-refractivity contribution in [3.8, 4) is 5.75 Å². The summed E-state index contributed by atoms with van der Waals surface area (Å²) in [6.07, 6.45) is -8.12. The van der Waals surface area contributed by atoms with Crippen molar-refractivity contribution in [1.29, 1.82) is 0 Å². The Morgan fingerprint density at radius 1 is 1.22 bits per heavy atom. The second kappa shape index (κ2) is 6.01. The molecule has 0 unspecified atom stereocenters. The first kappa shape index (κ1) is 14.7. The normalized spacial score (nSPS) is 13.7. The second-order valence-corrected chi connectivity index (χ2v) is 3.69. The fraction of sp³-hybridized carbons (Fsp3) is 0.455. The molecule has 3 nitrogen and oxygen atoms in total. The van der Waals surface area contributed by atoms with Gasteiger partial charge in [0.25, 0.3) is 0 Å². The van der Waals surface area contributed by atoms with E-state index in [-0.39, 0.29) is 17.9 Å². The Hall–Kier alpha value is -1.34. The van der Waals surface area contributed by atoms with Crippen LogP contribution >= 0.6 is 0 Å². The molecule has 0 spiro atoms. The lowest BCUT2D eigenvalue weighted by molar-refractivity contribution is -0.253. The number of nitrogens with two attached hydrogens (primary N) is 2. The summed E-state index contributed by atoms with van der Waals surface area (Å²) in [5.74, 6) is -0.358. The molecule has 7 heteroatoms. The molecule has 0 aromatic heterocycles. The van der Waals surface area contributed by atoms with Gasteiger partial charge in [0, 0.05) is 11.6 Å². The molecule has 0 heterocycles. The Balaban J connectivity index is 2.95. The van der Waals surface area contributed by atoms with Gasteiger partial charge in [-0.1, -0.05) is 18.2 Å². The van der Waals surface area contributed by atoms with Crippen molar-refractivity contribution in [2.75, 3.05) is 6.54 Å². The SMILES string of the molecule is NCC[C@H](N)c1ccccc1OC(F)(F)C(F)F. The lowest BCUT2D eigenvalue weighted by Gasteiger charge is -2.21. The van der Waals surface area contributed by atoms with Crippen molar-refractivity contribution in [2.45, 2.75) is 25.0 Å². The molecule has 102 valence electrons. The molecule has 0 aliphatic carbocycles. The van der Waals surface area contributed by atoms with Gasteiger partial charge in [-0.3, -0.25) is 0 Å². The van der Waals surface area contributed by atoms with E-state index in [0.717, 1.165) is 0 Å². The highest BCUT2D eigenvalue weighted by atomic mass is 19.3. The predicted molar refractivity (Wildman–Crippen MR) is 58.6 cm³/mol. The number of hydrogen-bond acceptors (Lipinski definition) is 3. The lowest BCUT2D eigenvalue weighted by atomic mass is 10.0. The van der Waals surface area contributed by atoms with Crippen molar-refractivity contribution in [3.63, 3.8) is 0 Å². The highest BCUT2D eigenvalue weighted by Crippen LogP contribution is 2.32. The minimum absolute atomic E-state index is 0.225. The summed E-state index contributed by atoms with van der Waals surface area (Å²) < 4.78 is 53.8. The first-order valence-electron chi connectivity index (χ1n) is 5.28. The number of hydrogen-bond donors (Lipinski definition) is 2. The molecule has 18 heavy (non-hydrogen) atoms. The number of benzene rings is 1. The molecule has 0 aliphatic heterocycles. The topological polar surface area (TPSA) is 61.3 Å². The third-order valence-electron chi connectivity index (χ3n) is 2.30. The fourth-order valence-corrected chi connectivity index (χ4v) is 1.41. The standard InChI is InChI=1S/C11H14F4N2O/c12-10(13)11(14,15)18-9-4-2-1-3-7(9)8(17)5-6-16/h1-4,8,10H,5-6,16-17H2/t8-/m0/s1. The largest absolute Gasteiger partial charge is 0.461 e. The van der Waals surface area contributed by atoms with Crippen LogP contribution in [-0.2, 0) is 0 Å². The van der Waals surface area contributed by atoms with Crippen molar-refractivity contribution >= 4 is 0 Å². The Kier molecular flexibility index (Phi) is 4.92. The van der Waals surface area contributed by atoms with Crippen LogP contribution in [0.1, 0.15) is 18.0 Å². The van der Waals surface area contributed by atoms with E-state index in [1.807, 2.05) is 0 Å². The van der Waals surface area contributed by atoms with E-state index in [2.05, 4.69) is 4.74 Å². The minimum atomic E-state index is -4.54. The fourth-order valence-electron chi connectivity index (χ4n) is 1.41. The van der Waals surface area contributed by atoms with E-state index >= 15 is 0 Å². The van der Waals surface area contributed by atoms with Gasteiger partial charge in [0.05, 0.1) is 0 Å². The van der Waals surface area contributed by atoms with Gasteiger partial charge >= 0.3 is 12.5 Å². The number of rotatable bonds is 6. The summed E-state index contributed by atoms with van der Waals surface area (Å²) in [6, 6.07) is 4.92. The van der Waals surface area contributed by atoms with E-state index < -0.39 is 18.6 Å². The average Bonchev–Trinajstić information content (AvgIpc) is 2.29. The van der Waals surface area contributed by atoms with Gasteiger partial charge in [0.2, 0.25) is 0 Å². The molecule has 0 amide bonds. The number of ether oxygens (including phenoxy) is 1. The van der Waals surface area contributed by atoms with E-state index in [0.29, 0.717) is 6.42 Å². The molecule has 0 aliphatic rings. The summed E-state index contributed by atoms with van der Waals surface area (Å²) in [7, 11) is 0. The smallest absolute Gasteiger partial charge is 0.428 e. The second-order valence-electron chi connectivity index (χ2n) is 3.69. The summed E-state index contributed by atoms with van der Waals surface area (Å²) in [5, 5.41) is 0. The quantitative estimate of drug-likeness (QED) is 0.776. The van der Waals surface area contributed by atoms with Gasteiger partial charge in [-0.05, 0) is 19.0 Å². The van der Waals surface area contributed by atoms with Crippen molar-refractivity contribution < 1.29 is 22.3 Å². The lowest BCUT2D eigenvalue weighted by Crippen LogP contribution is -2.34. The summed E-state index contributed by atoms with van der Waals surface area (Å²) in [6.45, 7) is 0.251. The van der Waals surface area contributed by atoms with Crippen LogP contribution in [0.4, 0.5) is 17.6 Å². The summed E-state index contributed by atoms with van der Waals surface area (Å²) >= 11 is 0. The van der Waals surface area contributed by atoms with Gasteiger partial charge in [-0.2, -0.15) is 17.6 Å². The maximum absolute atomic E-state index is 12.8. The van der Waals surface area contributed by atoms with Crippen molar-refractivity contribution in [2.24, 2.45) is 11.5 Å². The Morgan fingerprint density at radius 3 is 2.39 bits per heavy atom. The average molecular weight is 266 g/mol. The zero-order chi connectivity index (χ0) is 13.8. The zero-order valence-corrected chi connectivity index (χ0v) is 9.45. The van der Waals surface area contributed by atoms with Crippen LogP contribution in [0.15, 0.2) is 24.3 Å². The molecular weight excluding hydrogens is 252 g/mol. The van der Waals surface area contributed by atoms with Crippen LogP contribution in [0.2, 0.25) is 0 Å².